The largest absolute Gasteiger partial charge is 0.334 e. The molecule has 0 aromatic carbocycles. The summed E-state index contributed by atoms with van der Waals surface area (Å²) in [5, 5.41) is 18.4. The Kier molecular flexibility index (Phi) is 3.11. The van der Waals surface area contributed by atoms with Crippen molar-refractivity contribution in [2.75, 3.05) is 20.1 Å². The van der Waals surface area contributed by atoms with E-state index in [-0.39, 0.29) is 5.91 Å². The first-order chi connectivity index (χ1) is 8.15. The molecular weight excluding hydrogens is 218 g/mol. The Morgan fingerprint density at radius 3 is 2.88 bits per heavy atom. The molecule has 1 aromatic rings. The summed E-state index contributed by atoms with van der Waals surface area (Å²) in [4.78, 5) is 14.0. The SMILES string of the molecule is CN1CCC(C#N)(NC(=O)c2cn[nH]c2)CC1. The molecule has 2 rings (SSSR count). The zero-order valence-corrected chi connectivity index (χ0v) is 9.73. The molecule has 6 nitrogen and oxygen atoms in total. The van der Waals surface area contributed by atoms with Gasteiger partial charge in [-0.3, -0.25) is 9.89 Å². The Bertz CT molecular complexity index is 425. The van der Waals surface area contributed by atoms with E-state index in [0.717, 1.165) is 13.1 Å². The Morgan fingerprint density at radius 2 is 2.35 bits per heavy atom. The first-order valence-electron chi connectivity index (χ1n) is 5.56. The van der Waals surface area contributed by atoms with Gasteiger partial charge >= 0.3 is 0 Å². The van der Waals surface area contributed by atoms with Crippen LogP contribution in [-0.2, 0) is 0 Å². The lowest BCUT2D eigenvalue weighted by Crippen LogP contribution is -2.53. The number of nitriles is 1. The van der Waals surface area contributed by atoms with Crippen LogP contribution in [0.5, 0.6) is 0 Å². The van der Waals surface area contributed by atoms with Crippen LogP contribution in [0.25, 0.3) is 0 Å². The van der Waals surface area contributed by atoms with Crippen molar-refractivity contribution < 1.29 is 4.79 Å². The number of aromatic amines is 1. The van der Waals surface area contributed by atoms with Crippen LogP contribution in [0.3, 0.4) is 0 Å². The summed E-state index contributed by atoms with van der Waals surface area (Å²) in [6, 6.07) is 2.24. The molecule has 0 atom stereocenters. The number of carbonyl (C=O) groups excluding carboxylic acids is 1. The number of amides is 1. The average Bonchev–Trinajstić information content (AvgIpc) is 2.86. The third-order valence-electron chi connectivity index (χ3n) is 3.17. The van der Waals surface area contributed by atoms with Crippen LogP contribution in [0.1, 0.15) is 23.2 Å². The van der Waals surface area contributed by atoms with Crippen LogP contribution in [-0.4, -0.2) is 46.7 Å². The maximum absolute atomic E-state index is 11.9. The summed E-state index contributed by atoms with van der Waals surface area (Å²) in [6.45, 7) is 1.64. The van der Waals surface area contributed by atoms with E-state index in [9.17, 15) is 10.1 Å². The molecule has 0 aliphatic carbocycles. The molecule has 17 heavy (non-hydrogen) atoms. The van der Waals surface area contributed by atoms with Crippen LogP contribution >= 0.6 is 0 Å². The first-order valence-corrected chi connectivity index (χ1v) is 5.56. The van der Waals surface area contributed by atoms with Crippen molar-refractivity contribution in [2.45, 2.75) is 18.4 Å². The summed E-state index contributed by atoms with van der Waals surface area (Å²) in [5.74, 6) is -0.246. The van der Waals surface area contributed by atoms with Gasteiger partial charge < -0.3 is 10.2 Å². The van der Waals surface area contributed by atoms with Crippen molar-refractivity contribution in [3.63, 3.8) is 0 Å². The molecule has 2 heterocycles. The lowest BCUT2D eigenvalue weighted by molar-refractivity contribution is 0.0882. The zero-order chi connectivity index (χ0) is 12.3. The lowest BCUT2D eigenvalue weighted by atomic mass is 9.89. The predicted molar refractivity (Wildman–Crippen MR) is 61.1 cm³/mol. The van der Waals surface area contributed by atoms with E-state index in [1.54, 1.807) is 0 Å². The molecule has 1 amide bonds. The summed E-state index contributed by atoms with van der Waals surface area (Å²) in [7, 11) is 2.01. The van der Waals surface area contributed by atoms with Gasteiger partial charge in [-0.05, 0) is 19.9 Å². The molecule has 1 aromatic heterocycles. The summed E-state index contributed by atoms with van der Waals surface area (Å²) in [5.41, 5.74) is -0.278. The molecule has 0 spiro atoms. The Morgan fingerprint density at radius 1 is 1.65 bits per heavy atom. The predicted octanol–water partition coefficient (Wildman–Crippen LogP) is 0.127. The molecule has 2 N–H and O–H groups in total. The second-order valence-electron chi connectivity index (χ2n) is 4.44. The number of likely N-dealkylation sites (tertiary alicyclic amines) is 1. The zero-order valence-electron chi connectivity index (χ0n) is 9.73. The van der Waals surface area contributed by atoms with E-state index >= 15 is 0 Å². The van der Waals surface area contributed by atoms with E-state index in [1.807, 2.05) is 7.05 Å². The minimum Gasteiger partial charge on any atom is -0.334 e. The van der Waals surface area contributed by atoms with E-state index < -0.39 is 5.54 Å². The standard InChI is InChI=1S/C11H15N5O/c1-16-4-2-11(8-12,3-5-16)15-10(17)9-6-13-14-7-9/h6-7H,2-5H2,1H3,(H,13,14)(H,15,17). The van der Waals surface area contributed by atoms with Gasteiger partial charge in [0.2, 0.25) is 0 Å². The minimum atomic E-state index is -0.735. The summed E-state index contributed by atoms with van der Waals surface area (Å²) >= 11 is 0. The Balaban J connectivity index is 2.06. The number of rotatable bonds is 2. The topological polar surface area (TPSA) is 84.8 Å². The second-order valence-corrected chi connectivity index (χ2v) is 4.44. The second kappa shape index (κ2) is 4.55. The van der Waals surface area contributed by atoms with Crippen molar-refractivity contribution in [1.29, 1.82) is 5.26 Å². The minimum absolute atomic E-state index is 0.246. The molecule has 90 valence electrons. The van der Waals surface area contributed by atoms with Crippen molar-refractivity contribution >= 4 is 5.91 Å². The van der Waals surface area contributed by atoms with Crippen molar-refractivity contribution in [3.05, 3.63) is 18.0 Å². The highest BCUT2D eigenvalue weighted by atomic mass is 16.1. The molecule has 1 aliphatic heterocycles. The highest BCUT2D eigenvalue weighted by Gasteiger charge is 2.35. The fraction of sp³-hybridized carbons (Fsp3) is 0.545. The number of nitrogens with zero attached hydrogens (tertiary/aromatic N) is 3. The van der Waals surface area contributed by atoms with Crippen LogP contribution < -0.4 is 5.32 Å². The number of aromatic nitrogens is 2. The van der Waals surface area contributed by atoms with Gasteiger partial charge in [0.25, 0.3) is 5.91 Å². The van der Waals surface area contributed by atoms with Gasteiger partial charge in [-0.1, -0.05) is 0 Å². The Labute approximate surface area is 99.6 Å². The smallest absolute Gasteiger partial charge is 0.255 e. The van der Waals surface area contributed by atoms with Crippen LogP contribution in [0.4, 0.5) is 0 Å². The maximum Gasteiger partial charge on any atom is 0.255 e. The van der Waals surface area contributed by atoms with Crippen molar-refractivity contribution in [1.82, 2.24) is 20.4 Å². The summed E-state index contributed by atoms with van der Waals surface area (Å²) < 4.78 is 0. The number of carbonyl (C=O) groups is 1. The van der Waals surface area contributed by atoms with Crippen LogP contribution in [0.2, 0.25) is 0 Å². The molecule has 1 fully saturated rings. The van der Waals surface area contributed by atoms with Crippen LogP contribution in [0.15, 0.2) is 12.4 Å². The molecule has 0 unspecified atom stereocenters. The molecule has 0 radical (unpaired) electrons. The third kappa shape index (κ3) is 2.45. The quantitative estimate of drug-likeness (QED) is 0.760. The van der Waals surface area contributed by atoms with Gasteiger partial charge in [-0.25, -0.2) is 0 Å². The van der Waals surface area contributed by atoms with Crippen LogP contribution in [0, 0.1) is 11.3 Å². The highest BCUT2D eigenvalue weighted by molar-refractivity contribution is 5.94. The molecule has 0 bridgehead atoms. The van der Waals surface area contributed by atoms with Gasteiger partial charge in [0.15, 0.2) is 0 Å². The maximum atomic E-state index is 11.9. The van der Waals surface area contributed by atoms with Gasteiger partial charge in [-0.15, -0.1) is 0 Å². The van der Waals surface area contributed by atoms with Gasteiger partial charge in [0.05, 0.1) is 17.8 Å². The molecule has 1 saturated heterocycles. The molecule has 0 saturated carbocycles. The number of H-pyrrole nitrogens is 1. The van der Waals surface area contributed by atoms with Gasteiger partial charge in [0, 0.05) is 19.3 Å². The molecular formula is C11H15N5O. The van der Waals surface area contributed by atoms with Gasteiger partial charge in [0.1, 0.15) is 5.54 Å². The number of nitrogens with one attached hydrogen (secondary N) is 2. The highest BCUT2D eigenvalue weighted by Crippen LogP contribution is 2.21. The molecule has 6 heteroatoms. The Hall–Kier alpha value is -1.87. The van der Waals surface area contributed by atoms with Gasteiger partial charge in [-0.2, -0.15) is 10.4 Å². The fourth-order valence-corrected chi connectivity index (χ4v) is 1.93. The average molecular weight is 233 g/mol. The number of piperidine rings is 1. The van der Waals surface area contributed by atoms with E-state index in [1.165, 1.54) is 12.4 Å². The first kappa shape index (κ1) is 11.6. The van der Waals surface area contributed by atoms with E-state index in [0.29, 0.717) is 18.4 Å². The lowest BCUT2D eigenvalue weighted by Gasteiger charge is -2.35. The number of hydrogen-bond acceptors (Lipinski definition) is 4. The van der Waals surface area contributed by atoms with Crippen molar-refractivity contribution in [2.24, 2.45) is 0 Å². The monoisotopic (exact) mass is 233 g/mol. The number of hydrogen-bond donors (Lipinski definition) is 2. The third-order valence-corrected chi connectivity index (χ3v) is 3.17. The normalized spacial score (nSPS) is 19.5. The molecule has 1 aliphatic rings. The van der Waals surface area contributed by atoms with Crippen molar-refractivity contribution in [3.8, 4) is 6.07 Å². The fourth-order valence-electron chi connectivity index (χ4n) is 1.93. The van der Waals surface area contributed by atoms with E-state index in [2.05, 4.69) is 26.5 Å². The summed E-state index contributed by atoms with van der Waals surface area (Å²) in [6.07, 6.45) is 4.29. The van der Waals surface area contributed by atoms with E-state index in [4.69, 9.17) is 0 Å².